The number of esters is 1. The summed E-state index contributed by atoms with van der Waals surface area (Å²) in [5.74, 6) is 0.462. The monoisotopic (exact) mass is 377 g/mol. The predicted octanol–water partition coefficient (Wildman–Crippen LogP) is 1.14. The summed E-state index contributed by atoms with van der Waals surface area (Å²) in [5, 5.41) is 0. The molecule has 1 aromatic heterocycles. The first-order valence-electron chi connectivity index (χ1n) is 7.95. The lowest BCUT2D eigenvalue weighted by Gasteiger charge is -2.22. The van der Waals surface area contributed by atoms with Crippen LogP contribution >= 0.6 is 0 Å². The van der Waals surface area contributed by atoms with Crippen LogP contribution in [-0.4, -0.2) is 49.4 Å². The van der Waals surface area contributed by atoms with Crippen LogP contribution in [0.1, 0.15) is 6.42 Å². The lowest BCUT2D eigenvalue weighted by molar-refractivity contribution is -0.144. The number of hydrogen-bond acceptors (Lipinski definition) is 7. The summed E-state index contributed by atoms with van der Waals surface area (Å²) in [7, 11) is -2.65. The molecule has 1 fully saturated rings. The normalized spacial score (nSPS) is 20.7. The molecule has 0 saturated carbocycles. The molecule has 3 rings (SSSR count). The van der Waals surface area contributed by atoms with Gasteiger partial charge in [-0.2, -0.15) is 4.31 Å². The Morgan fingerprint density at radius 3 is 2.38 bits per heavy atom. The Labute approximate surface area is 151 Å². The molecule has 0 unspecified atom stereocenters. The first kappa shape index (κ1) is 18.3. The Morgan fingerprint density at radius 2 is 1.77 bits per heavy atom. The second-order valence-electron chi connectivity index (χ2n) is 5.87. The Kier molecular flexibility index (Phi) is 5.21. The molecule has 2 N–H and O–H groups in total. The molecule has 0 amide bonds. The molecule has 0 bridgehead atoms. The van der Waals surface area contributed by atoms with Crippen molar-refractivity contribution >= 4 is 16.0 Å². The van der Waals surface area contributed by atoms with Gasteiger partial charge in [-0.15, -0.1) is 0 Å². The minimum atomic E-state index is -3.88. The molecular formula is C17H19N3O5S. The summed E-state index contributed by atoms with van der Waals surface area (Å²) in [6.45, 7) is 0.0668. The van der Waals surface area contributed by atoms with Crippen molar-refractivity contribution in [3.63, 3.8) is 0 Å². The van der Waals surface area contributed by atoms with Gasteiger partial charge in [0.25, 0.3) is 0 Å². The highest BCUT2D eigenvalue weighted by Crippen LogP contribution is 2.28. The van der Waals surface area contributed by atoms with Crippen LogP contribution in [0.4, 0.5) is 0 Å². The largest absolute Gasteiger partial charge is 0.468 e. The van der Waals surface area contributed by atoms with Gasteiger partial charge in [-0.25, -0.2) is 8.42 Å². The maximum absolute atomic E-state index is 12.9. The van der Waals surface area contributed by atoms with Crippen LogP contribution in [-0.2, 0) is 19.6 Å². The van der Waals surface area contributed by atoms with Crippen LogP contribution in [0.5, 0.6) is 11.5 Å². The molecule has 26 heavy (non-hydrogen) atoms. The average Bonchev–Trinajstić information content (AvgIpc) is 3.05. The number of carbonyl (C=O) groups is 1. The highest BCUT2D eigenvalue weighted by molar-refractivity contribution is 7.89. The van der Waals surface area contributed by atoms with Crippen molar-refractivity contribution in [1.82, 2.24) is 9.29 Å². The first-order chi connectivity index (χ1) is 12.4. The van der Waals surface area contributed by atoms with E-state index in [1.165, 1.54) is 19.2 Å². The lowest BCUT2D eigenvalue weighted by atomic mass is 10.2. The van der Waals surface area contributed by atoms with Gasteiger partial charge < -0.3 is 15.2 Å². The van der Waals surface area contributed by atoms with E-state index in [-0.39, 0.29) is 17.9 Å². The first-order valence-corrected chi connectivity index (χ1v) is 9.39. The van der Waals surface area contributed by atoms with Gasteiger partial charge in [0.2, 0.25) is 10.0 Å². The number of rotatable bonds is 5. The second kappa shape index (κ2) is 7.40. The molecule has 2 atom stereocenters. The number of pyridine rings is 1. The van der Waals surface area contributed by atoms with Gasteiger partial charge in [0.15, 0.2) is 0 Å². The summed E-state index contributed by atoms with van der Waals surface area (Å²) < 4.78 is 37.2. The fourth-order valence-electron chi connectivity index (χ4n) is 2.81. The molecule has 1 aliphatic heterocycles. The van der Waals surface area contributed by atoms with Gasteiger partial charge in [-0.05, 0) is 42.8 Å². The number of nitrogens with two attached hydrogens (primary N) is 1. The van der Waals surface area contributed by atoms with Crippen molar-refractivity contribution in [3.8, 4) is 11.5 Å². The van der Waals surface area contributed by atoms with Crippen molar-refractivity contribution in [2.45, 2.75) is 23.4 Å². The zero-order valence-corrected chi connectivity index (χ0v) is 14.9. The third kappa shape index (κ3) is 3.69. The molecule has 1 saturated heterocycles. The van der Waals surface area contributed by atoms with Gasteiger partial charge >= 0.3 is 5.97 Å². The number of methoxy groups -OCH3 is 1. The molecule has 1 aromatic carbocycles. The number of benzene rings is 1. The van der Waals surface area contributed by atoms with E-state index in [1.54, 1.807) is 36.7 Å². The standard InChI is InChI=1S/C17H19N3O5S/c1-24-17(21)16-10-12(18)11-20(16)26(22,23)15-4-2-13(3-5-15)25-14-6-8-19-9-7-14/h2-9,12,16H,10-11,18H2,1H3/t12-,16+/m0/s1. The summed E-state index contributed by atoms with van der Waals surface area (Å²) in [4.78, 5) is 15.9. The van der Waals surface area contributed by atoms with Crippen LogP contribution < -0.4 is 10.5 Å². The average molecular weight is 377 g/mol. The quantitative estimate of drug-likeness (QED) is 0.778. The molecule has 138 valence electrons. The minimum absolute atomic E-state index is 0.0579. The van der Waals surface area contributed by atoms with E-state index in [1.807, 2.05) is 0 Å². The van der Waals surface area contributed by atoms with Gasteiger partial charge in [-0.3, -0.25) is 9.78 Å². The molecular weight excluding hydrogens is 358 g/mol. The number of sulfonamides is 1. The second-order valence-corrected chi connectivity index (χ2v) is 7.76. The van der Waals surface area contributed by atoms with E-state index < -0.39 is 28.1 Å². The van der Waals surface area contributed by atoms with E-state index in [2.05, 4.69) is 4.98 Å². The van der Waals surface area contributed by atoms with Crippen LogP contribution in [0.25, 0.3) is 0 Å². The molecule has 0 radical (unpaired) electrons. The summed E-state index contributed by atoms with van der Waals surface area (Å²) >= 11 is 0. The highest BCUT2D eigenvalue weighted by atomic mass is 32.2. The maximum Gasteiger partial charge on any atom is 0.324 e. The number of ether oxygens (including phenoxy) is 2. The van der Waals surface area contributed by atoms with Crippen molar-refractivity contribution in [2.24, 2.45) is 5.73 Å². The molecule has 0 aliphatic carbocycles. The molecule has 2 heterocycles. The zero-order valence-electron chi connectivity index (χ0n) is 14.1. The van der Waals surface area contributed by atoms with Crippen LogP contribution in [0.2, 0.25) is 0 Å². The SMILES string of the molecule is COC(=O)[C@H]1C[C@H](N)CN1S(=O)(=O)c1ccc(Oc2ccncc2)cc1. The maximum atomic E-state index is 12.9. The Morgan fingerprint density at radius 1 is 1.15 bits per heavy atom. The highest BCUT2D eigenvalue weighted by Gasteiger charge is 2.43. The van der Waals surface area contributed by atoms with Crippen LogP contribution in [0.15, 0.2) is 53.7 Å². The van der Waals surface area contributed by atoms with Crippen molar-refractivity contribution in [1.29, 1.82) is 0 Å². The van der Waals surface area contributed by atoms with Gasteiger partial charge in [0.1, 0.15) is 17.5 Å². The van der Waals surface area contributed by atoms with Gasteiger partial charge in [0, 0.05) is 25.0 Å². The van der Waals surface area contributed by atoms with E-state index in [0.717, 1.165) is 4.31 Å². The molecule has 2 aromatic rings. The van der Waals surface area contributed by atoms with E-state index in [4.69, 9.17) is 15.2 Å². The fourth-order valence-corrected chi connectivity index (χ4v) is 4.46. The predicted molar refractivity (Wildman–Crippen MR) is 93.0 cm³/mol. The van der Waals surface area contributed by atoms with Gasteiger partial charge in [0.05, 0.1) is 12.0 Å². The van der Waals surface area contributed by atoms with E-state index in [9.17, 15) is 13.2 Å². The van der Waals surface area contributed by atoms with Crippen molar-refractivity contribution in [2.75, 3.05) is 13.7 Å². The number of carbonyl (C=O) groups excluding carboxylic acids is 1. The summed E-state index contributed by atoms with van der Waals surface area (Å²) in [6, 6.07) is 8.03. The Bertz CT molecular complexity index is 871. The third-order valence-corrected chi connectivity index (χ3v) is 5.97. The van der Waals surface area contributed by atoms with Gasteiger partial charge in [-0.1, -0.05) is 0 Å². The summed E-state index contributed by atoms with van der Waals surface area (Å²) in [6.07, 6.45) is 3.42. The zero-order chi connectivity index (χ0) is 18.7. The molecule has 1 aliphatic rings. The smallest absolute Gasteiger partial charge is 0.324 e. The van der Waals surface area contributed by atoms with Crippen molar-refractivity contribution < 1.29 is 22.7 Å². The minimum Gasteiger partial charge on any atom is -0.468 e. The van der Waals surface area contributed by atoms with Crippen LogP contribution in [0.3, 0.4) is 0 Å². The fraction of sp³-hybridized carbons (Fsp3) is 0.294. The molecule has 0 spiro atoms. The topological polar surface area (TPSA) is 112 Å². The van der Waals surface area contributed by atoms with Crippen molar-refractivity contribution in [3.05, 3.63) is 48.8 Å². The third-order valence-electron chi connectivity index (χ3n) is 4.08. The lowest BCUT2D eigenvalue weighted by Crippen LogP contribution is -2.41. The Hall–Kier alpha value is -2.49. The Balaban J connectivity index is 1.82. The van der Waals surface area contributed by atoms with E-state index >= 15 is 0 Å². The number of hydrogen-bond donors (Lipinski definition) is 1. The van der Waals surface area contributed by atoms with E-state index in [0.29, 0.717) is 11.5 Å². The van der Waals surface area contributed by atoms with Crippen LogP contribution in [0, 0.1) is 0 Å². The molecule has 9 heteroatoms. The number of nitrogens with zero attached hydrogens (tertiary/aromatic N) is 2. The molecule has 8 nitrogen and oxygen atoms in total. The summed E-state index contributed by atoms with van der Waals surface area (Å²) in [5.41, 5.74) is 5.85. The number of aromatic nitrogens is 1.